The first-order chi connectivity index (χ1) is 13.2. The highest BCUT2D eigenvalue weighted by Gasteiger charge is 2.47. The van der Waals surface area contributed by atoms with Gasteiger partial charge in [-0.15, -0.1) is 0 Å². The van der Waals surface area contributed by atoms with E-state index in [4.69, 9.17) is 23.7 Å². The third-order valence-electron chi connectivity index (χ3n) is 5.91. The minimum atomic E-state index is -0.374. The first-order valence-electron chi connectivity index (χ1n) is 9.09. The van der Waals surface area contributed by atoms with E-state index in [1.165, 1.54) is 10.5 Å². The van der Waals surface area contributed by atoms with Gasteiger partial charge in [0.1, 0.15) is 5.56 Å². The summed E-state index contributed by atoms with van der Waals surface area (Å²) in [6, 6.07) is 7.87. The Kier molecular flexibility index (Phi) is 2.97. The van der Waals surface area contributed by atoms with Gasteiger partial charge < -0.3 is 28.6 Å². The molecule has 0 saturated heterocycles. The molecule has 3 atom stereocenters. The van der Waals surface area contributed by atoms with E-state index in [-0.39, 0.29) is 31.7 Å². The molecule has 6 rings (SSSR count). The molecule has 0 aromatic heterocycles. The molecule has 0 aliphatic carbocycles. The number of hydrogen-bond donors (Lipinski definition) is 1. The van der Waals surface area contributed by atoms with Gasteiger partial charge in [0.25, 0.3) is 0 Å². The highest BCUT2D eigenvalue weighted by Crippen LogP contribution is 2.49. The molecule has 0 radical (unpaired) electrons. The number of carbonyl (C=O) groups is 1. The summed E-state index contributed by atoms with van der Waals surface area (Å²) in [6.45, 7) is 1.33. The van der Waals surface area contributed by atoms with Crippen LogP contribution >= 0.6 is 0 Å². The minimum absolute atomic E-state index is 0.0196. The fourth-order valence-electron chi connectivity index (χ4n) is 4.60. The maximum atomic E-state index is 12.7. The number of benzene rings is 2. The van der Waals surface area contributed by atoms with Gasteiger partial charge >= 0.3 is 5.97 Å². The van der Waals surface area contributed by atoms with E-state index < -0.39 is 0 Å². The molecule has 4 aliphatic rings. The number of ether oxygens (including phenoxy) is 5. The molecule has 1 unspecified atom stereocenters. The number of carbonyl (C=O) groups excluding carboxylic acids is 1. The Morgan fingerprint density at radius 3 is 2.63 bits per heavy atom. The lowest BCUT2D eigenvalue weighted by molar-refractivity contribution is -0.919. The zero-order valence-corrected chi connectivity index (χ0v) is 14.7. The van der Waals surface area contributed by atoms with Crippen LogP contribution in [0.1, 0.15) is 39.2 Å². The molecule has 0 fully saturated rings. The van der Waals surface area contributed by atoms with Crippen molar-refractivity contribution in [2.24, 2.45) is 0 Å². The lowest BCUT2D eigenvalue weighted by Crippen LogP contribution is -3.11. The smallest absolute Gasteiger partial charge is 0.343 e. The Morgan fingerprint density at radius 1 is 0.963 bits per heavy atom. The van der Waals surface area contributed by atoms with Crippen LogP contribution in [0.3, 0.4) is 0 Å². The molecule has 1 N–H and O–H groups in total. The molecule has 7 heteroatoms. The number of cyclic esters (lactones) is 1. The molecule has 0 spiro atoms. The summed E-state index contributed by atoms with van der Waals surface area (Å²) in [6.07, 6.45) is 0.574. The van der Waals surface area contributed by atoms with Crippen LogP contribution in [-0.4, -0.2) is 33.1 Å². The van der Waals surface area contributed by atoms with Crippen molar-refractivity contribution < 1.29 is 33.4 Å². The van der Waals surface area contributed by atoms with Gasteiger partial charge in [0.15, 0.2) is 35.1 Å². The van der Waals surface area contributed by atoms with Crippen LogP contribution in [-0.2, 0) is 11.2 Å². The van der Waals surface area contributed by atoms with Crippen LogP contribution < -0.4 is 23.8 Å². The predicted octanol–water partition coefficient (Wildman–Crippen LogP) is 1.17. The number of rotatable bonds is 1. The molecule has 4 heterocycles. The summed E-state index contributed by atoms with van der Waals surface area (Å²) in [5.74, 6) is 2.29. The molecule has 0 amide bonds. The van der Waals surface area contributed by atoms with Crippen LogP contribution in [0.2, 0.25) is 0 Å². The molecule has 2 aromatic carbocycles. The highest BCUT2D eigenvalue weighted by molar-refractivity contribution is 5.98. The molecule has 2 aromatic rings. The van der Waals surface area contributed by atoms with Crippen molar-refractivity contribution >= 4 is 5.97 Å². The third-order valence-corrected chi connectivity index (χ3v) is 5.91. The second kappa shape index (κ2) is 5.29. The van der Waals surface area contributed by atoms with Crippen molar-refractivity contribution in [1.82, 2.24) is 0 Å². The van der Waals surface area contributed by atoms with Crippen molar-refractivity contribution in [3.05, 3.63) is 46.5 Å². The summed E-state index contributed by atoms with van der Waals surface area (Å²) in [5.41, 5.74) is 3.72. The van der Waals surface area contributed by atoms with Gasteiger partial charge in [0.2, 0.25) is 13.6 Å². The molecular weight excluding hydrogens is 350 g/mol. The highest BCUT2D eigenvalue weighted by atomic mass is 16.7. The van der Waals surface area contributed by atoms with Gasteiger partial charge in [-0.1, -0.05) is 6.07 Å². The zero-order chi connectivity index (χ0) is 18.1. The number of quaternary nitrogens is 1. The number of nitrogens with one attached hydrogen (secondary N) is 1. The van der Waals surface area contributed by atoms with Crippen LogP contribution in [0.5, 0.6) is 23.0 Å². The van der Waals surface area contributed by atoms with Crippen molar-refractivity contribution in [2.75, 3.05) is 27.2 Å². The second-order valence-electron chi connectivity index (χ2n) is 7.32. The number of hydrogen-bond acceptors (Lipinski definition) is 6. The lowest BCUT2D eigenvalue weighted by Gasteiger charge is -2.34. The van der Waals surface area contributed by atoms with Crippen LogP contribution in [0.15, 0.2) is 24.3 Å². The average Bonchev–Trinajstić information content (AvgIpc) is 3.38. The first-order valence-corrected chi connectivity index (χ1v) is 9.09. The van der Waals surface area contributed by atoms with E-state index in [0.717, 1.165) is 35.6 Å². The van der Waals surface area contributed by atoms with Gasteiger partial charge in [-0.05, 0) is 23.8 Å². The summed E-state index contributed by atoms with van der Waals surface area (Å²) in [4.78, 5) is 14.0. The van der Waals surface area contributed by atoms with Crippen molar-refractivity contribution in [2.45, 2.75) is 18.6 Å². The fourth-order valence-corrected chi connectivity index (χ4v) is 4.60. The Morgan fingerprint density at radius 2 is 1.74 bits per heavy atom. The van der Waals surface area contributed by atoms with Crippen LogP contribution in [0.4, 0.5) is 0 Å². The Hall–Kier alpha value is -2.93. The third kappa shape index (κ3) is 2.03. The lowest BCUT2D eigenvalue weighted by atomic mass is 9.86. The fraction of sp³-hybridized carbons (Fsp3) is 0.350. The van der Waals surface area contributed by atoms with Crippen molar-refractivity contribution in [3.63, 3.8) is 0 Å². The van der Waals surface area contributed by atoms with Gasteiger partial charge in [0.05, 0.1) is 13.6 Å². The molecule has 0 saturated carbocycles. The Labute approximate surface area is 155 Å². The Bertz CT molecular complexity index is 987. The quantitative estimate of drug-likeness (QED) is 0.763. The van der Waals surface area contributed by atoms with E-state index in [9.17, 15) is 4.79 Å². The SMILES string of the molecule is C[NH+]1CCc2cc3c(cc2[C@@H]1[C@H]1OC(=O)c2c1ccc1c2OCO1)OCO3. The molecular formula is C20H18NO6+. The second-order valence-corrected chi connectivity index (χ2v) is 7.32. The van der Waals surface area contributed by atoms with E-state index >= 15 is 0 Å². The molecule has 27 heavy (non-hydrogen) atoms. The van der Waals surface area contributed by atoms with E-state index in [1.54, 1.807) is 0 Å². The predicted molar refractivity (Wildman–Crippen MR) is 91.5 cm³/mol. The zero-order valence-electron chi connectivity index (χ0n) is 14.7. The Balaban J connectivity index is 1.49. The van der Waals surface area contributed by atoms with Crippen molar-refractivity contribution in [1.29, 1.82) is 0 Å². The summed E-state index contributed by atoms with van der Waals surface area (Å²) in [5, 5.41) is 0. The molecule has 7 nitrogen and oxygen atoms in total. The van der Waals surface area contributed by atoms with Gasteiger partial charge in [-0.25, -0.2) is 4.79 Å². The summed E-state index contributed by atoms with van der Waals surface area (Å²) >= 11 is 0. The van der Waals surface area contributed by atoms with Gasteiger partial charge in [-0.2, -0.15) is 0 Å². The van der Waals surface area contributed by atoms with E-state index in [1.807, 2.05) is 18.2 Å². The van der Waals surface area contributed by atoms with Crippen LogP contribution in [0, 0.1) is 0 Å². The van der Waals surface area contributed by atoms with E-state index in [0.29, 0.717) is 17.1 Å². The number of esters is 1. The normalized spacial score (nSPS) is 26.6. The topological polar surface area (TPSA) is 67.7 Å². The van der Waals surface area contributed by atoms with Crippen LogP contribution in [0.25, 0.3) is 0 Å². The summed E-state index contributed by atoms with van der Waals surface area (Å²) in [7, 11) is 2.14. The minimum Gasteiger partial charge on any atom is -0.454 e. The summed E-state index contributed by atoms with van der Waals surface area (Å²) < 4.78 is 27.9. The largest absolute Gasteiger partial charge is 0.454 e. The standard InChI is InChI=1S/C20H17NO6/c1-21-5-4-10-6-14-15(25-8-24-14)7-12(10)17(21)18-11-2-3-13-19(26-9-23-13)16(11)20(22)27-18/h2-3,6-7,17-18H,4-5,8-9H2,1H3/p+1/t17-,18+/m1/s1. The molecule has 0 bridgehead atoms. The number of fused-ring (bicyclic) bond motifs is 5. The average molecular weight is 368 g/mol. The monoisotopic (exact) mass is 368 g/mol. The van der Waals surface area contributed by atoms with Crippen molar-refractivity contribution in [3.8, 4) is 23.0 Å². The van der Waals surface area contributed by atoms with Gasteiger partial charge in [-0.3, -0.25) is 0 Å². The molecule has 4 aliphatic heterocycles. The molecule has 138 valence electrons. The number of likely N-dealkylation sites (N-methyl/N-ethyl adjacent to an activating group) is 1. The maximum Gasteiger partial charge on any atom is 0.343 e. The maximum absolute atomic E-state index is 12.7. The van der Waals surface area contributed by atoms with E-state index in [2.05, 4.69) is 13.1 Å². The van der Waals surface area contributed by atoms with Gasteiger partial charge in [0, 0.05) is 17.5 Å². The first kappa shape index (κ1) is 15.2.